The number of rotatable bonds is 7. The summed E-state index contributed by atoms with van der Waals surface area (Å²) in [4.78, 5) is 2.02. The second kappa shape index (κ2) is 8.25. The lowest BCUT2D eigenvalue weighted by atomic mass is 10.0. The second-order valence-electron chi connectivity index (χ2n) is 7.05. The highest BCUT2D eigenvalue weighted by Crippen LogP contribution is 2.29. The summed E-state index contributed by atoms with van der Waals surface area (Å²) < 4.78 is 33.0. The highest BCUT2D eigenvalue weighted by Gasteiger charge is 2.20. The van der Waals surface area contributed by atoms with E-state index in [1.54, 1.807) is 6.08 Å². The Bertz CT molecular complexity index is 919. The van der Waals surface area contributed by atoms with Crippen LogP contribution in [0.2, 0.25) is 0 Å². The van der Waals surface area contributed by atoms with Crippen molar-refractivity contribution in [2.45, 2.75) is 19.4 Å². The van der Waals surface area contributed by atoms with Gasteiger partial charge in [0.1, 0.15) is 5.75 Å². The Kier molecular flexibility index (Phi) is 5.99. The van der Waals surface area contributed by atoms with Crippen LogP contribution in [-0.4, -0.2) is 40.6 Å². The van der Waals surface area contributed by atoms with Crippen LogP contribution in [0.3, 0.4) is 0 Å². The zero-order chi connectivity index (χ0) is 19.4. The fraction of sp³-hybridized carbons (Fsp3) is 0.333. The Labute approximate surface area is 161 Å². The van der Waals surface area contributed by atoms with E-state index in [1.807, 2.05) is 62.3 Å². The molecule has 5 nitrogen and oxygen atoms in total. The van der Waals surface area contributed by atoms with Crippen LogP contribution < -0.4 is 9.46 Å². The highest BCUT2D eigenvalue weighted by molar-refractivity contribution is 7.92. The average molecular weight is 387 g/mol. The maximum Gasteiger partial charge on any atom is 0.233 e. The number of nitrogens with one attached hydrogen (secondary N) is 1. The smallest absolute Gasteiger partial charge is 0.233 e. The van der Waals surface area contributed by atoms with Gasteiger partial charge in [-0.2, -0.15) is 0 Å². The van der Waals surface area contributed by atoms with E-state index >= 15 is 0 Å². The van der Waals surface area contributed by atoms with Crippen molar-refractivity contribution in [3.8, 4) is 5.75 Å². The molecule has 1 atom stereocenters. The molecule has 0 amide bonds. The molecule has 1 aliphatic rings. The molecule has 0 saturated heterocycles. The van der Waals surface area contributed by atoms with E-state index in [2.05, 4.69) is 10.8 Å². The van der Waals surface area contributed by atoms with Crippen molar-refractivity contribution in [2.24, 2.45) is 0 Å². The molecule has 0 fully saturated rings. The first kappa shape index (κ1) is 19.6. The van der Waals surface area contributed by atoms with Crippen LogP contribution >= 0.6 is 0 Å². The number of aryl methyl sites for hydroxylation is 1. The number of ether oxygens (including phenoxy) is 1. The lowest BCUT2D eigenvalue weighted by Crippen LogP contribution is -2.33. The van der Waals surface area contributed by atoms with Gasteiger partial charge in [-0.3, -0.25) is 0 Å². The van der Waals surface area contributed by atoms with Gasteiger partial charge in [-0.15, -0.1) is 0 Å². The summed E-state index contributed by atoms with van der Waals surface area (Å²) in [6.45, 7) is 3.01. The maximum absolute atomic E-state index is 12.4. The molecule has 1 unspecified atom stereocenters. The van der Waals surface area contributed by atoms with Crippen LogP contribution in [0.1, 0.15) is 28.3 Å². The number of nitrogens with zero attached hydrogens (tertiary/aromatic N) is 1. The van der Waals surface area contributed by atoms with Gasteiger partial charge in [0.05, 0.1) is 6.61 Å². The molecule has 1 N–H and O–H groups in total. The van der Waals surface area contributed by atoms with Crippen molar-refractivity contribution in [1.29, 1.82) is 0 Å². The van der Waals surface area contributed by atoms with Crippen LogP contribution in [0, 0.1) is 6.92 Å². The van der Waals surface area contributed by atoms with Gasteiger partial charge in [0, 0.05) is 24.4 Å². The summed E-state index contributed by atoms with van der Waals surface area (Å²) in [7, 11) is 0.379. The monoisotopic (exact) mass is 386 g/mol. The minimum atomic E-state index is -3.52. The zero-order valence-electron chi connectivity index (χ0n) is 16.0. The second-order valence-corrected chi connectivity index (χ2v) is 8.70. The number of likely N-dealkylation sites (N-methyl/N-ethyl adjacent to an activating group) is 1. The predicted molar refractivity (Wildman–Crippen MR) is 109 cm³/mol. The van der Waals surface area contributed by atoms with E-state index in [1.165, 1.54) is 11.0 Å². The topological polar surface area (TPSA) is 58.6 Å². The molecule has 3 rings (SSSR count). The van der Waals surface area contributed by atoms with Crippen LogP contribution in [0.15, 0.2) is 47.9 Å². The Balaban J connectivity index is 1.69. The Morgan fingerprint density at radius 1 is 1.19 bits per heavy atom. The van der Waals surface area contributed by atoms with Crippen molar-refractivity contribution >= 4 is 16.1 Å². The van der Waals surface area contributed by atoms with Crippen molar-refractivity contribution in [1.82, 2.24) is 9.62 Å². The number of fused-ring (bicyclic) bond motifs is 1. The lowest BCUT2D eigenvalue weighted by molar-refractivity contribution is 0.299. The van der Waals surface area contributed by atoms with Crippen molar-refractivity contribution in [2.75, 3.05) is 27.2 Å². The van der Waals surface area contributed by atoms with Gasteiger partial charge in [0.2, 0.25) is 10.0 Å². The molecule has 1 aliphatic heterocycles. The average Bonchev–Trinajstić information content (AvgIpc) is 3.09. The number of sulfonamides is 1. The van der Waals surface area contributed by atoms with Crippen LogP contribution in [0.4, 0.5) is 0 Å². The summed E-state index contributed by atoms with van der Waals surface area (Å²) in [6.07, 6.45) is 2.51. The molecular formula is C21H26N2O3S. The molecule has 0 aliphatic carbocycles. The van der Waals surface area contributed by atoms with Gasteiger partial charge in [-0.1, -0.05) is 42.0 Å². The minimum Gasteiger partial charge on any atom is -0.493 e. The van der Waals surface area contributed by atoms with Crippen LogP contribution in [-0.2, 0) is 16.4 Å². The van der Waals surface area contributed by atoms with Gasteiger partial charge in [0.25, 0.3) is 0 Å². The third-order valence-corrected chi connectivity index (χ3v) is 5.78. The molecule has 0 bridgehead atoms. The van der Waals surface area contributed by atoms with Crippen LogP contribution in [0.25, 0.3) is 6.08 Å². The molecule has 0 spiro atoms. The molecule has 144 valence electrons. The third-order valence-electron chi connectivity index (χ3n) is 4.72. The first-order chi connectivity index (χ1) is 12.8. The largest absolute Gasteiger partial charge is 0.493 e. The molecule has 6 heteroatoms. The molecule has 1 heterocycles. The fourth-order valence-electron chi connectivity index (χ4n) is 3.10. The first-order valence-corrected chi connectivity index (χ1v) is 10.6. The van der Waals surface area contributed by atoms with Gasteiger partial charge in [-0.05, 0) is 49.9 Å². The Morgan fingerprint density at radius 2 is 1.93 bits per heavy atom. The first-order valence-electron chi connectivity index (χ1n) is 9.00. The number of hydrogen-bond acceptors (Lipinski definition) is 4. The van der Waals surface area contributed by atoms with Gasteiger partial charge in [0.15, 0.2) is 0 Å². The van der Waals surface area contributed by atoms with E-state index in [-0.39, 0.29) is 6.04 Å². The fourth-order valence-corrected chi connectivity index (χ4v) is 3.92. The van der Waals surface area contributed by atoms with Gasteiger partial charge in [-0.25, -0.2) is 13.1 Å². The number of benzene rings is 2. The molecule has 0 saturated carbocycles. The van der Waals surface area contributed by atoms with Crippen molar-refractivity contribution in [3.05, 3.63) is 70.1 Å². The number of hydrogen-bond donors (Lipinski definition) is 1. The Hall–Kier alpha value is -2.15. The Morgan fingerprint density at radius 3 is 2.63 bits per heavy atom. The van der Waals surface area contributed by atoms with Crippen molar-refractivity contribution in [3.63, 3.8) is 0 Å². The summed E-state index contributed by atoms with van der Waals surface area (Å²) >= 11 is 0. The van der Waals surface area contributed by atoms with E-state index in [4.69, 9.17) is 4.74 Å². The SMILES string of the molecule is Cc1ccc(C=CS(=O)(=O)NCC(c2ccc3c(c2)CCO3)N(C)C)cc1. The minimum absolute atomic E-state index is 0.0570. The molecule has 0 radical (unpaired) electrons. The molecule has 0 aromatic heterocycles. The van der Waals surface area contributed by atoms with Crippen molar-refractivity contribution < 1.29 is 13.2 Å². The predicted octanol–water partition coefficient (Wildman–Crippen LogP) is 3.12. The molecule has 27 heavy (non-hydrogen) atoms. The third kappa shape index (κ3) is 5.19. The van der Waals surface area contributed by atoms with Gasteiger partial charge < -0.3 is 9.64 Å². The standard InChI is InChI=1S/C21H26N2O3S/c1-16-4-6-17(7-5-16)11-13-27(24,25)22-15-20(23(2)3)18-8-9-21-19(14-18)10-12-26-21/h4-9,11,13-14,20,22H,10,12,15H2,1-3H3. The molecular weight excluding hydrogens is 360 g/mol. The summed E-state index contributed by atoms with van der Waals surface area (Å²) in [6, 6.07) is 13.7. The summed E-state index contributed by atoms with van der Waals surface area (Å²) in [5.41, 5.74) is 4.26. The van der Waals surface area contributed by atoms with Gasteiger partial charge >= 0.3 is 0 Å². The quantitative estimate of drug-likeness (QED) is 0.794. The normalized spacial score (nSPS) is 15.1. The van der Waals surface area contributed by atoms with E-state index in [0.717, 1.165) is 28.9 Å². The molecule has 2 aromatic rings. The van der Waals surface area contributed by atoms with E-state index in [9.17, 15) is 8.42 Å². The van der Waals surface area contributed by atoms with E-state index < -0.39 is 10.0 Å². The summed E-state index contributed by atoms with van der Waals surface area (Å²) in [5.74, 6) is 0.929. The zero-order valence-corrected chi connectivity index (χ0v) is 16.8. The van der Waals surface area contributed by atoms with Crippen LogP contribution in [0.5, 0.6) is 5.75 Å². The maximum atomic E-state index is 12.4. The summed E-state index contributed by atoms with van der Waals surface area (Å²) in [5, 5.41) is 1.22. The molecule has 2 aromatic carbocycles. The van der Waals surface area contributed by atoms with E-state index in [0.29, 0.717) is 13.2 Å². The highest BCUT2D eigenvalue weighted by atomic mass is 32.2. The lowest BCUT2D eigenvalue weighted by Gasteiger charge is -2.25.